The highest BCUT2D eigenvalue weighted by molar-refractivity contribution is 5.85. The lowest BCUT2D eigenvalue weighted by Gasteiger charge is -2.28. The lowest BCUT2D eigenvalue weighted by molar-refractivity contribution is -0.133. The van der Waals surface area contributed by atoms with Crippen LogP contribution in [0.5, 0.6) is 0 Å². The molecule has 1 aliphatic rings. The summed E-state index contributed by atoms with van der Waals surface area (Å²) in [5.41, 5.74) is 1.86. The van der Waals surface area contributed by atoms with Crippen molar-refractivity contribution in [3.8, 4) is 0 Å². The van der Waals surface area contributed by atoms with E-state index >= 15 is 0 Å². The molecule has 1 aliphatic heterocycles. The summed E-state index contributed by atoms with van der Waals surface area (Å²) in [6.07, 6.45) is 2.83. The Morgan fingerprint density at radius 2 is 2.00 bits per heavy atom. The Hall–Kier alpha value is -1.73. The van der Waals surface area contributed by atoms with Crippen LogP contribution in [0.4, 0.5) is 4.39 Å². The van der Waals surface area contributed by atoms with Crippen LogP contribution in [-0.4, -0.2) is 48.1 Å². The van der Waals surface area contributed by atoms with Gasteiger partial charge in [-0.3, -0.25) is 9.78 Å². The number of hydrogen-bond acceptors (Lipinski definition) is 4. The summed E-state index contributed by atoms with van der Waals surface area (Å²) in [5.74, 6) is -0.211. The number of morpholine rings is 1. The minimum atomic E-state index is -0.274. The average molecular weight is 430 g/mol. The van der Waals surface area contributed by atoms with Crippen LogP contribution in [0, 0.1) is 5.82 Å². The third-order valence-corrected chi connectivity index (χ3v) is 4.42. The average Bonchev–Trinajstić information content (AvgIpc) is 2.68. The maximum absolute atomic E-state index is 13.2. The van der Waals surface area contributed by atoms with E-state index in [9.17, 15) is 9.18 Å². The van der Waals surface area contributed by atoms with Crippen LogP contribution in [0.15, 0.2) is 48.7 Å². The predicted octanol–water partition coefficient (Wildman–Crippen LogP) is 3.01. The summed E-state index contributed by atoms with van der Waals surface area (Å²) in [7, 11) is 0. The Bertz CT molecular complexity index is 698. The van der Waals surface area contributed by atoms with Gasteiger partial charge in [-0.2, -0.15) is 0 Å². The van der Waals surface area contributed by atoms with Gasteiger partial charge in [0, 0.05) is 50.4 Å². The van der Waals surface area contributed by atoms with E-state index in [0.29, 0.717) is 39.1 Å². The summed E-state index contributed by atoms with van der Waals surface area (Å²) in [6, 6.07) is 12.1. The Labute approximate surface area is 177 Å². The molecule has 1 aromatic carbocycles. The number of rotatable bonds is 7. The van der Waals surface area contributed by atoms with E-state index in [2.05, 4.69) is 10.3 Å². The zero-order valence-corrected chi connectivity index (χ0v) is 17.2. The molecular formula is C20H26Cl2FN3O2. The largest absolute Gasteiger partial charge is 0.378 e. The molecule has 1 atom stereocenters. The van der Waals surface area contributed by atoms with Crippen LogP contribution in [0.1, 0.15) is 17.7 Å². The number of aromatic nitrogens is 1. The first-order chi connectivity index (χ1) is 12.7. The van der Waals surface area contributed by atoms with Crippen molar-refractivity contribution >= 4 is 30.7 Å². The van der Waals surface area contributed by atoms with E-state index in [-0.39, 0.29) is 42.6 Å². The van der Waals surface area contributed by atoms with Gasteiger partial charge in [-0.1, -0.05) is 18.2 Å². The van der Waals surface area contributed by atoms with Crippen LogP contribution >= 0.6 is 24.8 Å². The SMILES string of the molecule is Cl.Cl.O=C(CC1COCCN1)N(CCc1ccccn1)Cc1ccc(F)cc1. The molecule has 1 amide bonds. The summed E-state index contributed by atoms with van der Waals surface area (Å²) < 4.78 is 18.6. The van der Waals surface area contributed by atoms with E-state index < -0.39 is 0 Å². The first-order valence-corrected chi connectivity index (χ1v) is 8.94. The Morgan fingerprint density at radius 1 is 1.21 bits per heavy atom. The Morgan fingerprint density at radius 3 is 2.64 bits per heavy atom. The summed E-state index contributed by atoms with van der Waals surface area (Å²) in [4.78, 5) is 19.0. The highest BCUT2D eigenvalue weighted by Crippen LogP contribution is 2.11. The molecule has 8 heteroatoms. The van der Waals surface area contributed by atoms with E-state index in [1.165, 1.54) is 12.1 Å². The molecular weight excluding hydrogens is 404 g/mol. The van der Waals surface area contributed by atoms with Gasteiger partial charge >= 0.3 is 0 Å². The standard InChI is InChI=1S/C20H24FN3O2.2ClH/c21-17-6-4-16(5-7-17)14-24(11-8-18-3-1-2-9-22-18)20(25)13-19-15-26-12-10-23-19;;/h1-7,9,19,23H,8,10-15H2;2*1H. The monoisotopic (exact) mass is 429 g/mol. The number of pyridine rings is 1. The Balaban J connectivity index is 0.00000196. The van der Waals surface area contributed by atoms with Crippen LogP contribution in [-0.2, 0) is 22.5 Å². The third kappa shape index (κ3) is 7.72. The van der Waals surface area contributed by atoms with Gasteiger partial charge in [0.2, 0.25) is 5.91 Å². The third-order valence-electron chi connectivity index (χ3n) is 4.42. The second-order valence-electron chi connectivity index (χ2n) is 6.44. The zero-order chi connectivity index (χ0) is 18.2. The molecule has 0 bridgehead atoms. The molecule has 0 aliphatic carbocycles. The first-order valence-electron chi connectivity index (χ1n) is 8.94. The number of amides is 1. The fourth-order valence-corrected chi connectivity index (χ4v) is 2.99. The molecule has 1 N–H and O–H groups in total. The van der Waals surface area contributed by atoms with E-state index in [0.717, 1.165) is 17.8 Å². The zero-order valence-electron chi connectivity index (χ0n) is 15.6. The molecule has 2 aromatic rings. The minimum Gasteiger partial charge on any atom is -0.378 e. The van der Waals surface area contributed by atoms with Crippen molar-refractivity contribution in [1.82, 2.24) is 15.2 Å². The van der Waals surface area contributed by atoms with E-state index in [4.69, 9.17) is 4.74 Å². The lowest BCUT2D eigenvalue weighted by atomic mass is 10.1. The molecule has 28 heavy (non-hydrogen) atoms. The van der Waals surface area contributed by atoms with E-state index in [1.807, 2.05) is 23.1 Å². The molecule has 154 valence electrons. The summed E-state index contributed by atoms with van der Waals surface area (Å²) >= 11 is 0. The Kier molecular flexibility index (Phi) is 11.0. The van der Waals surface area contributed by atoms with Gasteiger partial charge in [0.25, 0.3) is 0 Å². The topological polar surface area (TPSA) is 54.5 Å². The number of carbonyl (C=O) groups excluding carboxylic acids is 1. The van der Waals surface area contributed by atoms with Crippen molar-refractivity contribution in [2.75, 3.05) is 26.3 Å². The van der Waals surface area contributed by atoms with Crippen LogP contribution < -0.4 is 5.32 Å². The van der Waals surface area contributed by atoms with Crippen molar-refractivity contribution in [3.63, 3.8) is 0 Å². The van der Waals surface area contributed by atoms with Crippen LogP contribution in [0.25, 0.3) is 0 Å². The molecule has 5 nitrogen and oxygen atoms in total. The highest BCUT2D eigenvalue weighted by Gasteiger charge is 2.21. The van der Waals surface area contributed by atoms with Gasteiger partial charge < -0.3 is 15.0 Å². The molecule has 1 fully saturated rings. The summed E-state index contributed by atoms with van der Waals surface area (Å²) in [6.45, 7) is 3.03. The van der Waals surface area contributed by atoms with Gasteiger partial charge in [0.15, 0.2) is 0 Å². The maximum Gasteiger partial charge on any atom is 0.224 e. The molecule has 2 heterocycles. The van der Waals surface area contributed by atoms with Gasteiger partial charge in [-0.15, -0.1) is 24.8 Å². The van der Waals surface area contributed by atoms with Crippen molar-refractivity contribution in [1.29, 1.82) is 0 Å². The highest BCUT2D eigenvalue weighted by atomic mass is 35.5. The minimum absolute atomic E-state index is 0. The van der Waals surface area contributed by atoms with Crippen molar-refractivity contribution in [2.24, 2.45) is 0 Å². The number of carbonyl (C=O) groups is 1. The smallest absolute Gasteiger partial charge is 0.224 e. The maximum atomic E-state index is 13.2. The van der Waals surface area contributed by atoms with E-state index in [1.54, 1.807) is 18.3 Å². The quantitative estimate of drug-likeness (QED) is 0.734. The van der Waals surface area contributed by atoms with Gasteiger partial charge in [0.05, 0.1) is 13.2 Å². The van der Waals surface area contributed by atoms with Crippen LogP contribution in [0.2, 0.25) is 0 Å². The number of ether oxygens (including phenoxy) is 1. The number of nitrogens with zero attached hydrogens (tertiary/aromatic N) is 2. The second kappa shape index (κ2) is 12.7. The fourth-order valence-electron chi connectivity index (χ4n) is 2.99. The van der Waals surface area contributed by atoms with Crippen molar-refractivity contribution < 1.29 is 13.9 Å². The normalized spacial score (nSPS) is 15.8. The molecule has 0 spiro atoms. The van der Waals surface area contributed by atoms with Gasteiger partial charge in [-0.05, 0) is 29.8 Å². The molecule has 1 saturated heterocycles. The predicted molar refractivity (Wildman–Crippen MR) is 111 cm³/mol. The number of nitrogens with one attached hydrogen (secondary N) is 1. The van der Waals surface area contributed by atoms with Crippen molar-refractivity contribution in [3.05, 3.63) is 65.7 Å². The van der Waals surface area contributed by atoms with Crippen LogP contribution in [0.3, 0.4) is 0 Å². The lowest BCUT2D eigenvalue weighted by Crippen LogP contribution is -2.45. The number of benzene rings is 1. The van der Waals surface area contributed by atoms with Gasteiger partial charge in [-0.25, -0.2) is 4.39 Å². The molecule has 1 aromatic heterocycles. The molecule has 0 radical (unpaired) electrons. The second-order valence-corrected chi connectivity index (χ2v) is 6.44. The molecule has 0 saturated carbocycles. The number of halogens is 3. The molecule has 1 unspecified atom stereocenters. The number of hydrogen-bond donors (Lipinski definition) is 1. The fraction of sp³-hybridized carbons (Fsp3) is 0.400. The van der Waals surface area contributed by atoms with Crippen molar-refractivity contribution in [2.45, 2.75) is 25.4 Å². The first kappa shape index (κ1) is 24.3. The van der Waals surface area contributed by atoms with Gasteiger partial charge in [0.1, 0.15) is 5.82 Å². The molecule has 3 rings (SSSR count). The summed E-state index contributed by atoms with van der Waals surface area (Å²) in [5, 5.41) is 3.32.